The van der Waals surface area contributed by atoms with Crippen molar-refractivity contribution in [1.29, 1.82) is 0 Å². The Kier molecular flexibility index (Phi) is 7.17. The molecule has 7 nitrogen and oxygen atoms in total. The first-order valence-electron chi connectivity index (χ1n) is 10.8. The van der Waals surface area contributed by atoms with Crippen LogP contribution in [0.25, 0.3) is 10.9 Å². The summed E-state index contributed by atoms with van der Waals surface area (Å²) in [5.74, 6) is -0.178. The molecule has 172 valence electrons. The molecule has 0 aliphatic carbocycles. The molecular weight excluding hydrogens is 462 g/mol. The largest absolute Gasteiger partial charge is 0.379 e. The third-order valence-electron chi connectivity index (χ3n) is 5.28. The van der Waals surface area contributed by atoms with Crippen molar-refractivity contribution in [2.45, 2.75) is 38.1 Å². The van der Waals surface area contributed by atoms with Crippen molar-refractivity contribution in [2.75, 3.05) is 18.9 Å². The number of rotatable bonds is 9. The number of nitrogens with zero attached hydrogens (tertiary/aromatic N) is 3. The number of hydrogen-bond donors (Lipinski definition) is 0. The highest BCUT2D eigenvalue weighted by Gasteiger charge is 2.34. The Morgan fingerprint density at radius 1 is 1.03 bits per heavy atom. The topological polar surface area (TPSA) is 81.5 Å². The second kappa shape index (κ2) is 10.1. The number of ether oxygens (including phenoxy) is 1. The van der Waals surface area contributed by atoms with Crippen LogP contribution >= 0.6 is 23.4 Å². The van der Waals surface area contributed by atoms with Crippen molar-refractivity contribution in [3.05, 3.63) is 69.0 Å². The number of imide groups is 1. The maximum absolute atomic E-state index is 13.2. The molecule has 0 saturated heterocycles. The lowest BCUT2D eigenvalue weighted by atomic mass is 10.1. The van der Waals surface area contributed by atoms with E-state index in [1.54, 1.807) is 47.0 Å². The minimum absolute atomic E-state index is 0.118. The van der Waals surface area contributed by atoms with Gasteiger partial charge < -0.3 is 4.74 Å². The number of thioether (sulfide) groups is 1. The van der Waals surface area contributed by atoms with E-state index in [2.05, 4.69) is 4.98 Å². The molecule has 0 atom stereocenters. The van der Waals surface area contributed by atoms with E-state index in [0.717, 1.165) is 0 Å². The first kappa shape index (κ1) is 23.5. The average Bonchev–Trinajstić information content (AvgIpc) is 3.03. The van der Waals surface area contributed by atoms with Gasteiger partial charge in [0.25, 0.3) is 17.4 Å². The molecule has 0 bridgehead atoms. The highest BCUT2D eigenvalue weighted by atomic mass is 35.5. The SMILES string of the molecule is CC(C)OCCCn1c(SCCN2C(=O)c3ccccc3C2=O)nc2cc(Cl)ccc2c1=O. The van der Waals surface area contributed by atoms with Gasteiger partial charge in [-0.2, -0.15) is 0 Å². The van der Waals surface area contributed by atoms with Crippen LogP contribution in [0.1, 0.15) is 41.0 Å². The molecule has 2 aromatic carbocycles. The van der Waals surface area contributed by atoms with Crippen LogP contribution in [0, 0.1) is 0 Å². The number of aromatic nitrogens is 2. The van der Waals surface area contributed by atoms with Gasteiger partial charge in [0.2, 0.25) is 0 Å². The number of carbonyl (C=O) groups excluding carboxylic acids is 2. The van der Waals surface area contributed by atoms with Gasteiger partial charge >= 0.3 is 0 Å². The predicted molar refractivity (Wildman–Crippen MR) is 129 cm³/mol. The Morgan fingerprint density at radius 2 is 1.73 bits per heavy atom. The first-order chi connectivity index (χ1) is 15.9. The fourth-order valence-electron chi connectivity index (χ4n) is 3.69. The molecule has 0 radical (unpaired) electrons. The molecular formula is C24H24ClN3O4S. The second-order valence-electron chi connectivity index (χ2n) is 7.94. The first-order valence-corrected chi connectivity index (χ1v) is 12.1. The van der Waals surface area contributed by atoms with Gasteiger partial charge in [0, 0.05) is 30.5 Å². The molecule has 0 N–H and O–H groups in total. The molecule has 0 spiro atoms. The van der Waals surface area contributed by atoms with Gasteiger partial charge in [-0.1, -0.05) is 35.5 Å². The molecule has 33 heavy (non-hydrogen) atoms. The van der Waals surface area contributed by atoms with Crippen molar-refractivity contribution in [2.24, 2.45) is 0 Å². The van der Waals surface area contributed by atoms with Gasteiger partial charge in [0.05, 0.1) is 28.1 Å². The lowest BCUT2D eigenvalue weighted by molar-refractivity contribution is 0.0663. The van der Waals surface area contributed by atoms with E-state index in [1.165, 1.54) is 16.7 Å². The maximum atomic E-state index is 13.2. The highest BCUT2D eigenvalue weighted by Crippen LogP contribution is 2.25. The summed E-state index contributed by atoms with van der Waals surface area (Å²) < 4.78 is 7.24. The average molecular weight is 486 g/mol. The summed E-state index contributed by atoms with van der Waals surface area (Å²) in [5, 5.41) is 1.52. The van der Waals surface area contributed by atoms with E-state index in [-0.39, 0.29) is 30.0 Å². The molecule has 3 aromatic rings. The molecule has 1 aliphatic heterocycles. The number of hydrogen-bond acceptors (Lipinski definition) is 6. The monoisotopic (exact) mass is 485 g/mol. The molecule has 4 rings (SSSR count). The third-order valence-corrected chi connectivity index (χ3v) is 6.48. The molecule has 2 amide bonds. The number of halogens is 1. The molecule has 1 aliphatic rings. The van der Waals surface area contributed by atoms with Crippen LogP contribution in [0.3, 0.4) is 0 Å². The zero-order chi connectivity index (χ0) is 23.5. The lowest BCUT2D eigenvalue weighted by Gasteiger charge is -2.16. The van der Waals surface area contributed by atoms with Gasteiger partial charge in [-0.15, -0.1) is 0 Å². The van der Waals surface area contributed by atoms with E-state index in [1.807, 2.05) is 13.8 Å². The van der Waals surface area contributed by atoms with E-state index < -0.39 is 0 Å². The number of fused-ring (bicyclic) bond motifs is 2. The van der Waals surface area contributed by atoms with Crippen molar-refractivity contribution in [1.82, 2.24) is 14.5 Å². The number of amides is 2. The Balaban J connectivity index is 1.53. The van der Waals surface area contributed by atoms with Crippen LogP contribution in [0.15, 0.2) is 52.4 Å². The van der Waals surface area contributed by atoms with Gasteiger partial charge in [-0.3, -0.25) is 23.9 Å². The van der Waals surface area contributed by atoms with Crippen molar-refractivity contribution >= 4 is 46.1 Å². The minimum atomic E-state index is -0.294. The van der Waals surface area contributed by atoms with Gasteiger partial charge in [-0.25, -0.2) is 4.98 Å². The summed E-state index contributed by atoms with van der Waals surface area (Å²) in [6, 6.07) is 11.8. The Morgan fingerprint density at radius 3 is 2.39 bits per heavy atom. The standard InChI is InChI=1S/C24H24ClN3O4S/c1-15(2)32-12-5-10-28-23(31)19-9-8-16(25)14-20(19)26-24(28)33-13-11-27-21(29)17-6-3-4-7-18(17)22(27)30/h3-4,6-9,14-15H,5,10-13H2,1-2H3. The van der Waals surface area contributed by atoms with E-state index in [0.29, 0.717) is 57.5 Å². The van der Waals surface area contributed by atoms with Crippen LogP contribution in [0.2, 0.25) is 5.02 Å². The number of benzene rings is 2. The van der Waals surface area contributed by atoms with Crippen molar-refractivity contribution < 1.29 is 14.3 Å². The van der Waals surface area contributed by atoms with Gasteiger partial charge in [0.15, 0.2) is 5.16 Å². The fourth-order valence-corrected chi connectivity index (χ4v) is 4.81. The minimum Gasteiger partial charge on any atom is -0.379 e. The second-order valence-corrected chi connectivity index (χ2v) is 9.44. The quantitative estimate of drug-likeness (QED) is 0.195. The molecule has 0 saturated carbocycles. The van der Waals surface area contributed by atoms with Gasteiger partial charge in [0.1, 0.15) is 0 Å². The van der Waals surface area contributed by atoms with Gasteiger partial charge in [-0.05, 0) is 50.6 Å². The smallest absolute Gasteiger partial charge is 0.262 e. The molecule has 0 unspecified atom stereocenters. The molecule has 2 heterocycles. The van der Waals surface area contributed by atoms with Crippen LogP contribution in [0.4, 0.5) is 0 Å². The normalized spacial score (nSPS) is 13.4. The zero-order valence-electron chi connectivity index (χ0n) is 18.4. The Bertz CT molecular complexity index is 1240. The third kappa shape index (κ3) is 4.98. The van der Waals surface area contributed by atoms with Crippen LogP contribution < -0.4 is 5.56 Å². The summed E-state index contributed by atoms with van der Waals surface area (Å²) >= 11 is 7.45. The Hall–Kier alpha value is -2.68. The molecule has 1 aromatic heterocycles. The molecule has 9 heteroatoms. The van der Waals surface area contributed by atoms with E-state index in [9.17, 15) is 14.4 Å². The molecule has 0 fully saturated rings. The Labute approximate surface area is 200 Å². The fraction of sp³-hybridized carbons (Fsp3) is 0.333. The summed E-state index contributed by atoms with van der Waals surface area (Å²) in [7, 11) is 0. The zero-order valence-corrected chi connectivity index (χ0v) is 20.0. The summed E-state index contributed by atoms with van der Waals surface area (Å²) in [6.07, 6.45) is 0.775. The van der Waals surface area contributed by atoms with Crippen LogP contribution in [-0.2, 0) is 11.3 Å². The van der Waals surface area contributed by atoms with E-state index in [4.69, 9.17) is 16.3 Å². The summed E-state index contributed by atoms with van der Waals surface area (Å²) in [6.45, 7) is 5.13. The van der Waals surface area contributed by atoms with Crippen molar-refractivity contribution in [3.63, 3.8) is 0 Å². The lowest BCUT2D eigenvalue weighted by Crippen LogP contribution is -2.32. The van der Waals surface area contributed by atoms with Crippen LogP contribution in [-0.4, -0.2) is 51.3 Å². The highest BCUT2D eigenvalue weighted by molar-refractivity contribution is 7.99. The predicted octanol–water partition coefficient (Wildman–Crippen LogP) is 4.25. The summed E-state index contributed by atoms with van der Waals surface area (Å²) in [5.41, 5.74) is 1.22. The maximum Gasteiger partial charge on any atom is 0.262 e. The summed E-state index contributed by atoms with van der Waals surface area (Å²) in [4.78, 5) is 44.3. The van der Waals surface area contributed by atoms with E-state index >= 15 is 0 Å². The van der Waals surface area contributed by atoms with Crippen molar-refractivity contribution in [3.8, 4) is 0 Å². The van der Waals surface area contributed by atoms with Crippen LogP contribution in [0.5, 0.6) is 0 Å². The number of carbonyl (C=O) groups is 2.